The summed E-state index contributed by atoms with van der Waals surface area (Å²) >= 11 is 6.10. The van der Waals surface area contributed by atoms with Crippen LogP contribution in [0.5, 0.6) is 0 Å². The zero-order valence-corrected chi connectivity index (χ0v) is 11.6. The third-order valence-corrected chi connectivity index (χ3v) is 4.13. The van der Waals surface area contributed by atoms with Gasteiger partial charge in [0.2, 0.25) is 0 Å². The van der Waals surface area contributed by atoms with E-state index >= 15 is 0 Å². The molecule has 0 fully saturated rings. The van der Waals surface area contributed by atoms with E-state index in [1.807, 2.05) is 12.1 Å². The van der Waals surface area contributed by atoms with E-state index in [1.165, 1.54) is 29.6 Å². The van der Waals surface area contributed by atoms with Crippen molar-refractivity contribution < 1.29 is 5.21 Å². The van der Waals surface area contributed by atoms with Crippen LogP contribution in [0.25, 0.3) is 0 Å². The number of aromatic nitrogens is 2. The van der Waals surface area contributed by atoms with Gasteiger partial charge in [-0.2, -0.15) is 4.37 Å². The molecule has 3 N–H and O–H groups in total. The third-order valence-electron chi connectivity index (χ3n) is 1.87. The monoisotopic (exact) mass is 330 g/mol. The van der Waals surface area contributed by atoms with E-state index in [9.17, 15) is 0 Å². The number of nitrogens with zero attached hydrogens (tertiary/aromatic N) is 3. The summed E-state index contributed by atoms with van der Waals surface area (Å²) in [4.78, 5) is 4.93. The molecule has 0 aliphatic carbocycles. The normalized spacial score (nSPS) is 11.7. The van der Waals surface area contributed by atoms with Gasteiger partial charge in [-0.05, 0) is 29.7 Å². The van der Waals surface area contributed by atoms with Crippen molar-refractivity contribution in [1.82, 2.24) is 9.36 Å². The Labute approximate surface area is 114 Å². The van der Waals surface area contributed by atoms with Crippen molar-refractivity contribution >= 4 is 45.1 Å². The lowest BCUT2D eigenvalue weighted by atomic mass is 10.2. The van der Waals surface area contributed by atoms with E-state index < -0.39 is 0 Å². The maximum atomic E-state index is 8.72. The molecular weight excluding hydrogens is 324 g/mol. The smallest absolute Gasteiger partial charge is 0.174 e. The molecule has 1 heterocycles. The molecule has 2 aromatic rings. The Bertz CT molecular complexity index is 544. The second-order valence-electron chi connectivity index (χ2n) is 2.93. The average molecular weight is 331 g/mol. The highest BCUT2D eigenvalue weighted by Crippen LogP contribution is 2.32. The molecule has 1 aromatic carbocycles. The number of oxime groups is 1. The molecule has 0 radical (unpaired) electrons. The number of benzene rings is 1. The molecule has 1 aromatic heterocycles. The molecule has 0 bridgehead atoms. The minimum Gasteiger partial charge on any atom is -0.409 e. The Morgan fingerprint density at radius 2 is 2.35 bits per heavy atom. The first-order valence-electron chi connectivity index (χ1n) is 4.42. The second-order valence-corrected chi connectivity index (χ2v) is 5.92. The van der Waals surface area contributed by atoms with Gasteiger partial charge in [-0.15, -0.1) is 0 Å². The summed E-state index contributed by atoms with van der Waals surface area (Å²) in [7, 11) is 0. The molecular formula is C9H7BrN4OS2. The predicted octanol–water partition coefficient (Wildman–Crippen LogP) is 2.55. The van der Waals surface area contributed by atoms with Gasteiger partial charge in [0.15, 0.2) is 10.2 Å². The fraction of sp³-hybridized carbons (Fsp3) is 0. The molecule has 0 spiro atoms. The van der Waals surface area contributed by atoms with Gasteiger partial charge in [0.1, 0.15) is 6.33 Å². The number of rotatable bonds is 3. The molecule has 0 aliphatic heterocycles. The molecule has 0 amide bonds. The Hall–Kier alpha value is -1.12. The minimum absolute atomic E-state index is 0.0736. The van der Waals surface area contributed by atoms with Gasteiger partial charge in [0.05, 0.1) is 0 Å². The van der Waals surface area contributed by atoms with E-state index in [2.05, 4.69) is 30.4 Å². The fourth-order valence-corrected chi connectivity index (χ4v) is 3.24. The van der Waals surface area contributed by atoms with Gasteiger partial charge < -0.3 is 10.9 Å². The van der Waals surface area contributed by atoms with Crippen LogP contribution in [-0.2, 0) is 0 Å². The highest BCUT2D eigenvalue weighted by atomic mass is 79.9. The van der Waals surface area contributed by atoms with Crippen LogP contribution in [0, 0.1) is 0 Å². The summed E-state index contributed by atoms with van der Waals surface area (Å²) in [5, 5.41) is 11.7. The quantitative estimate of drug-likeness (QED) is 0.391. The van der Waals surface area contributed by atoms with Crippen LogP contribution in [0.2, 0.25) is 0 Å². The topological polar surface area (TPSA) is 84.4 Å². The molecule has 8 heteroatoms. The zero-order valence-electron chi connectivity index (χ0n) is 8.37. The van der Waals surface area contributed by atoms with Crippen LogP contribution in [0.4, 0.5) is 0 Å². The third kappa shape index (κ3) is 2.96. The van der Waals surface area contributed by atoms with Crippen LogP contribution in [0.15, 0.2) is 43.4 Å². The lowest BCUT2D eigenvalue weighted by Gasteiger charge is -2.06. The van der Waals surface area contributed by atoms with Crippen molar-refractivity contribution in [3.8, 4) is 0 Å². The summed E-state index contributed by atoms with van der Waals surface area (Å²) in [5.41, 5.74) is 6.28. The predicted molar refractivity (Wildman–Crippen MR) is 70.7 cm³/mol. The Morgan fingerprint density at radius 1 is 1.53 bits per heavy atom. The summed E-state index contributed by atoms with van der Waals surface area (Å²) in [6.07, 6.45) is 1.49. The Balaban J connectivity index is 2.40. The van der Waals surface area contributed by atoms with Gasteiger partial charge >= 0.3 is 0 Å². The Morgan fingerprint density at radius 3 is 3.00 bits per heavy atom. The van der Waals surface area contributed by atoms with Gasteiger partial charge in [0.25, 0.3) is 0 Å². The zero-order chi connectivity index (χ0) is 12.3. The maximum absolute atomic E-state index is 8.72. The summed E-state index contributed by atoms with van der Waals surface area (Å²) in [5.74, 6) is 0.0736. The molecule has 0 unspecified atom stereocenters. The van der Waals surface area contributed by atoms with Gasteiger partial charge in [-0.25, -0.2) is 4.98 Å². The SMILES string of the molecule is N/C(=N/O)c1ccc(Br)cc1Sc1ncns1. The molecule has 0 saturated carbocycles. The van der Waals surface area contributed by atoms with Crippen molar-refractivity contribution in [2.45, 2.75) is 9.24 Å². The number of hydrogen-bond donors (Lipinski definition) is 2. The van der Waals surface area contributed by atoms with E-state index in [-0.39, 0.29) is 5.84 Å². The molecule has 0 atom stereocenters. The van der Waals surface area contributed by atoms with Crippen LogP contribution in [-0.4, -0.2) is 20.4 Å². The first kappa shape index (κ1) is 12.3. The van der Waals surface area contributed by atoms with Gasteiger partial charge in [0, 0.05) is 14.9 Å². The highest BCUT2D eigenvalue weighted by Gasteiger charge is 2.10. The second kappa shape index (κ2) is 5.48. The van der Waals surface area contributed by atoms with E-state index in [1.54, 1.807) is 6.07 Å². The maximum Gasteiger partial charge on any atom is 0.174 e. The van der Waals surface area contributed by atoms with Crippen LogP contribution in [0.3, 0.4) is 0 Å². The summed E-state index contributed by atoms with van der Waals surface area (Å²) in [6, 6.07) is 5.50. The van der Waals surface area contributed by atoms with Crippen molar-refractivity contribution in [2.75, 3.05) is 0 Å². The van der Waals surface area contributed by atoms with E-state index in [4.69, 9.17) is 10.9 Å². The molecule has 17 heavy (non-hydrogen) atoms. The summed E-state index contributed by atoms with van der Waals surface area (Å²) < 4.78 is 5.64. The van der Waals surface area contributed by atoms with Crippen LogP contribution in [0.1, 0.15) is 5.56 Å². The highest BCUT2D eigenvalue weighted by molar-refractivity contribution is 9.10. The van der Waals surface area contributed by atoms with Crippen molar-refractivity contribution in [3.63, 3.8) is 0 Å². The number of halogens is 1. The largest absolute Gasteiger partial charge is 0.409 e. The minimum atomic E-state index is 0.0736. The molecule has 88 valence electrons. The molecule has 2 rings (SSSR count). The molecule has 0 aliphatic rings. The van der Waals surface area contributed by atoms with Crippen molar-refractivity contribution in [2.24, 2.45) is 10.9 Å². The number of hydrogen-bond acceptors (Lipinski definition) is 6. The average Bonchev–Trinajstić information content (AvgIpc) is 2.81. The van der Waals surface area contributed by atoms with Crippen LogP contribution >= 0.6 is 39.2 Å². The lowest BCUT2D eigenvalue weighted by Crippen LogP contribution is -2.14. The van der Waals surface area contributed by atoms with E-state index in [0.29, 0.717) is 5.56 Å². The number of amidine groups is 1. The summed E-state index contributed by atoms with van der Waals surface area (Å²) in [6.45, 7) is 0. The molecule has 5 nitrogen and oxygen atoms in total. The van der Waals surface area contributed by atoms with Gasteiger partial charge in [-0.3, -0.25) is 0 Å². The van der Waals surface area contributed by atoms with E-state index in [0.717, 1.165) is 13.7 Å². The van der Waals surface area contributed by atoms with Gasteiger partial charge in [-0.1, -0.05) is 32.8 Å². The fourth-order valence-electron chi connectivity index (χ4n) is 1.15. The lowest BCUT2D eigenvalue weighted by molar-refractivity contribution is 0.318. The first-order chi connectivity index (χ1) is 8.20. The molecule has 0 saturated heterocycles. The van der Waals surface area contributed by atoms with Crippen molar-refractivity contribution in [3.05, 3.63) is 34.6 Å². The standard InChI is InChI=1S/C9H7BrN4OS2/c10-5-1-2-6(8(11)14-15)7(3-5)16-9-12-4-13-17-9/h1-4,15H,(H2,11,14). The van der Waals surface area contributed by atoms with Crippen LogP contribution < -0.4 is 5.73 Å². The first-order valence-corrected chi connectivity index (χ1v) is 6.81. The Kier molecular flexibility index (Phi) is 3.97. The van der Waals surface area contributed by atoms with Crippen molar-refractivity contribution in [1.29, 1.82) is 0 Å². The number of nitrogens with two attached hydrogens (primary N) is 1.